The van der Waals surface area contributed by atoms with Gasteiger partial charge < -0.3 is 18.9 Å². The standard InChI is InChI=1S/C29H31N3O3/c1-20-9-14-27(21(2)17-20)35-16-6-15-31-26-8-5-4-7-25(26)30-29(31)22-18-28(33)32(19-22)23-10-12-24(34-3)13-11-23/h4-5,7-14,17,22H,6,15-16,18-19H2,1-3H3/t22-/m1/s1. The molecule has 0 N–H and O–H groups in total. The van der Waals surface area contributed by atoms with Gasteiger partial charge in [-0.2, -0.15) is 0 Å². The lowest BCUT2D eigenvalue weighted by Gasteiger charge is -2.18. The zero-order valence-electron chi connectivity index (χ0n) is 20.5. The van der Waals surface area contributed by atoms with E-state index < -0.39 is 0 Å². The molecule has 1 aromatic heterocycles. The van der Waals surface area contributed by atoms with Crippen molar-refractivity contribution in [2.75, 3.05) is 25.2 Å². The maximum absolute atomic E-state index is 13.0. The first-order chi connectivity index (χ1) is 17.0. The number of benzene rings is 3. The van der Waals surface area contributed by atoms with Crippen molar-refractivity contribution in [3.63, 3.8) is 0 Å². The molecule has 6 nitrogen and oxygen atoms in total. The minimum Gasteiger partial charge on any atom is -0.497 e. The third-order valence-corrected chi connectivity index (χ3v) is 6.67. The van der Waals surface area contributed by atoms with Crippen LogP contribution >= 0.6 is 0 Å². The topological polar surface area (TPSA) is 56.6 Å². The van der Waals surface area contributed by atoms with Crippen LogP contribution in [0.25, 0.3) is 11.0 Å². The second-order valence-corrected chi connectivity index (χ2v) is 9.18. The predicted molar refractivity (Wildman–Crippen MR) is 138 cm³/mol. The number of aryl methyl sites for hydroxylation is 3. The third-order valence-electron chi connectivity index (χ3n) is 6.67. The average molecular weight is 470 g/mol. The van der Waals surface area contributed by atoms with E-state index in [0.29, 0.717) is 19.6 Å². The van der Waals surface area contributed by atoms with E-state index in [0.717, 1.165) is 52.6 Å². The molecule has 1 atom stereocenters. The van der Waals surface area contributed by atoms with Crippen molar-refractivity contribution >= 4 is 22.6 Å². The Morgan fingerprint density at radius 1 is 1.03 bits per heavy atom. The second-order valence-electron chi connectivity index (χ2n) is 9.18. The molecule has 0 radical (unpaired) electrons. The molecule has 4 aromatic rings. The van der Waals surface area contributed by atoms with E-state index >= 15 is 0 Å². The van der Waals surface area contributed by atoms with Gasteiger partial charge in [0.15, 0.2) is 0 Å². The molecule has 180 valence electrons. The van der Waals surface area contributed by atoms with Gasteiger partial charge in [0, 0.05) is 31.1 Å². The van der Waals surface area contributed by atoms with Gasteiger partial charge in [-0.05, 0) is 68.3 Å². The predicted octanol–water partition coefficient (Wildman–Crippen LogP) is 5.65. The fraction of sp³-hybridized carbons (Fsp3) is 0.310. The molecule has 2 heterocycles. The lowest BCUT2D eigenvalue weighted by molar-refractivity contribution is -0.117. The first-order valence-corrected chi connectivity index (χ1v) is 12.1. The molecule has 6 heteroatoms. The van der Waals surface area contributed by atoms with Gasteiger partial charge in [-0.15, -0.1) is 0 Å². The Balaban J connectivity index is 1.33. The van der Waals surface area contributed by atoms with Gasteiger partial charge in [-0.25, -0.2) is 4.98 Å². The van der Waals surface area contributed by atoms with Crippen LogP contribution < -0.4 is 14.4 Å². The van der Waals surface area contributed by atoms with Crippen LogP contribution in [0.3, 0.4) is 0 Å². The number of aromatic nitrogens is 2. The first-order valence-electron chi connectivity index (χ1n) is 12.1. The zero-order chi connectivity index (χ0) is 24.4. The molecule has 1 amide bonds. The Morgan fingerprint density at radius 3 is 2.60 bits per heavy atom. The monoisotopic (exact) mass is 469 g/mol. The quantitative estimate of drug-likeness (QED) is 0.313. The summed E-state index contributed by atoms with van der Waals surface area (Å²) < 4.78 is 13.6. The van der Waals surface area contributed by atoms with Crippen LogP contribution in [-0.2, 0) is 11.3 Å². The summed E-state index contributed by atoms with van der Waals surface area (Å²) in [4.78, 5) is 19.8. The summed E-state index contributed by atoms with van der Waals surface area (Å²) in [6.07, 6.45) is 1.30. The summed E-state index contributed by atoms with van der Waals surface area (Å²) in [5.74, 6) is 2.85. The molecule has 5 rings (SSSR count). The maximum Gasteiger partial charge on any atom is 0.227 e. The minimum absolute atomic E-state index is 0.0391. The Hall–Kier alpha value is -3.80. The molecule has 0 spiro atoms. The summed E-state index contributed by atoms with van der Waals surface area (Å²) in [6, 6.07) is 22.1. The van der Waals surface area contributed by atoms with Crippen molar-refractivity contribution in [3.8, 4) is 11.5 Å². The number of hydrogen-bond acceptors (Lipinski definition) is 4. The van der Waals surface area contributed by atoms with Crippen LogP contribution in [0.15, 0.2) is 66.7 Å². The van der Waals surface area contributed by atoms with Crippen molar-refractivity contribution < 1.29 is 14.3 Å². The number of imidazole rings is 1. The van der Waals surface area contributed by atoms with Gasteiger partial charge in [-0.3, -0.25) is 4.79 Å². The van der Waals surface area contributed by atoms with Gasteiger partial charge in [0.05, 0.1) is 24.8 Å². The summed E-state index contributed by atoms with van der Waals surface area (Å²) in [5.41, 5.74) is 5.35. The Kier molecular flexibility index (Phi) is 6.45. The number of rotatable bonds is 8. The van der Waals surface area contributed by atoms with Crippen LogP contribution in [-0.4, -0.2) is 35.7 Å². The number of methoxy groups -OCH3 is 1. The number of fused-ring (bicyclic) bond motifs is 1. The Labute approximate surface area is 206 Å². The summed E-state index contributed by atoms with van der Waals surface area (Å²) in [7, 11) is 1.64. The average Bonchev–Trinajstić information content (AvgIpc) is 3.43. The van der Waals surface area contributed by atoms with Crippen molar-refractivity contribution in [2.24, 2.45) is 0 Å². The van der Waals surface area contributed by atoms with Crippen molar-refractivity contribution in [2.45, 2.75) is 39.2 Å². The molecule has 0 aliphatic carbocycles. The lowest BCUT2D eigenvalue weighted by Crippen LogP contribution is -2.24. The maximum atomic E-state index is 13.0. The molecule has 0 unspecified atom stereocenters. The van der Waals surface area contributed by atoms with Gasteiger partial charge in [-0.1, -0.05) is 29.8 Å². The summed E-state index contributed by atoms with van der Waals surface area (Å²) in [6.45, 7) is 6.19. The van der Waals surface area contributed by atoms with E-state index in [1.54, 1.807) is 7.11 Å². The molecule has 3 aromatic carbocycles. The molecule has 35 heavy (non-hydrogen) atoms. The smallest absolute Gasteiger partial charge is 0.227 e. The van der Waals surface area contributed by atoms with E-state index in [2.05, 4.69) is 36.6 Å². The molecule has 1 saturated heterocycles. The zero-order valence-corrected chi connectivity index (χ0v) is 20.5. The second kappa shape index (κ2) is 9.82. The highest BCUT2D eigenvalue weighted by Crippen LogP contribution is 2.34. The largest absolute Gasteiger partial charge is 0.497 e. The highest BCUT2D eigenvalue weighted by molar-refractivity contribution is 5.96. The summed E-state index contributed by atoms with van der Waals surface area (Å²) in [5, 5.41) is 0. The van der Waals surface area contributed by atoms with E-state index in [1.165, 1.54) is 5.56 Å². The molecule has 0 bridgehead atoms. The molecule has 0 saturated carbocycles. The van der Waals surface area contributed by atoms with Crippen LogP contribution in [0.2, 0.25) is 0 Å². The Bertz CT molecular complexity index is 1340. The minimum atomic E-state index is 0.0391. The lowest BCUT2D eigenvalue weighted by atomic mass is 10.1. The molecular formula is C29H31N3O3. The van der Waals surface area contributed by atoms with Crippen LogP contribution in [0.4, 0.5) is 5.69 Å². The third kappa shape index (κ3) is 4.74. The van der Waals surface area contributed by atoms with Gasteiger partial charge in [0.1, 0.15) is 17.3 Å². The van der Waals surface area contributed by atoms with Gasteiger partial charge >= 0.3 is 0 Å². The van der Waals surface area contributed by atoms with E-state index in [1.807, 2.05) is 53.4 Å². The summed E-state index contributed by atoms with van der Waals surface area (Å²) >= 11 is 0. The molecular weight excluding hydrogens is 438 g/mol. The molecule has 1 fully saturated rings. The Morgan fingerprint density at radius 2 is 1.83 bits per heavy atom. The SMILES string of the molecule is COc1ccc(N2C[C@H](c3nc4ccccc4n3CCCOc3ccc(C)cc3C)CC2=O)cc1. The van der Waals surface area contributed by atoms with Crippen LogP contribution in [0.5, 0.6) is 11.5 Å². The molecule has 1 aliphatic rings. The van der Waals surface area contributed by atoms with Crippen molar-refractivity contribution in [1.82, 2.24) is 9.55 Å². The highest BCUT2D eigenvalue weighted by Gasteiger charge is 2.34. The van der Waals surface area contributed by atoms with E-state index in [9.17, 15) is 4.79 Å². The fourth-order valence-corrected chi connectivity index (χ4v) is 4.90. The van der Waals surface area contributed by atoms with E-state index in [4.69, 9.17) is 14.5 Å². The first kappa shape index (κ1) is 23.0. The number of carbonyl (C=O) groups excluding carboxylic acids is 1. The van der Waals surface area contributed by atoms with Gasteiger partial charge in [0.25, 0.3) is 0 Å². The van der Waals surface area contributed by atoms with Crippen molar-refractivity contribution in [3.05, 3.63) is 83.7 Å². The van der Waals surface area contributed by atoms with E-state index in [-0.39, 0.29) is 11.8 Å². The molecule has 1 aliphatic heterocycles. The number of ether oxygens (including phenoxy) is 2. The van der Waals surface area contributed by atoms with Crippen LogP contribution in [0.1, 0.15) is 35.7 Å². The number of hydrogen-bond donors (Lipinski definition) is 0. The normalized spacial score (nSPS) is 15.7. The number of carbonyl (C=O) groups is 1. The number of anilines is 1. The van der Waals surface area contributed by atoms with Crippen LogP contribution in [0, 0.1) is 13.8 Å². The number of nitrogens with zero attached hydrogens (tertiary/aromatic N) is 3. The van der Waals surface area contributed by atoms with Gasteiger partial charge in [0.2, 0.25) is 5.91 Å². The van der Waals surface area contributed by atoms with Crippen molar-refractivity contribution in [1.29, 1.82) is 0 Å². The fourth-order valence-electron chi connectivity index (χ4n) is 4.90. The highest BCUT2D eigenvalue weighted by atomic mass is 16.5. The number of amides is 1. The number of para-hydroxylation sites is 2.